The van der Waals surface area contributed by atoms with Gasteiger partial charge in [0.1, 0.15) is 0 Å². The average Bonchev–Trinajstić information content (AvgIpc) is 2.78. The van der Waals surface area contributed by atoms with Crippen LogP contribution in [0.1, 0.15) is 49.1 Å². The number of nitrogens with zero attached hydrogens (tertiary/aromatic N) is 2. The summed E-state index contributed by atoms with van der Waals surface area (Å²) in [7, 11) is 0. The molecule has 30 heavy (non-hydrogen) atoms. The Kier molecular flexibility index (Phi) is 7.14. The molecule has 1 N–H and O–H groups in total. The molecule has 1 unspecified atom stereocenters. The molecule has 160 valence electrons. The van der Waals surface area contributed by atoms with Gasteiger partial charge < -0.3 is 10.0 Å². The standard InChI is InChI=1S/C26H33ClN2O/c27-24-11-7-10-23(20-24)25(26(30)13-5-2-6-14-26)21-29-18-16-28(17-19-29)15-12-22-8-3-1-4-9-22/h1,3-4,7-12,15,20,25,30H,2,5-6,13-14,16-19,21H2. The van der Waals surface area contributed by atoms with Crippen LogP contribution < -0.4 is 0 Å². The fraction of sp³-hybridized carbons (Fsp3) is 0.462. The van der Waals surface area contributed by atoms with Crippen LogP contribution in [-0.4, -0.2) is 53.2 Å². The van der Waals surface area contributed by atoms with Gasteiger partial charge in [-0.15, -0.1) is 0 Å². The molecule has 0 spiro atoms. The van der Waals surface area contributed by atoms with Gasteiger partial charge in [-0.1, -0.05) is 73.3 Å². The SMILES string of the molecule is OC1(C(CN2CCN(C=Cc3ccccc3)CC2)c2cccc(Cl)c2)CCCCC1. The highest BCUT2D eigenvalue weighted by molar-refractivity contribution is 6.30. The van der Waals surface area contributed by atoms with Gasteiger partial charge in [0, 0.05) is 43.7 Å². The van der Waals surface area contributed by atoms with Crippen LogP contribution in [0.3, 0.4) is 0 Å². The Morgan fingerprint density at radius 3 is 2.37 bits per heavy atom. The van der Waals surface area contributed by atoms with Crippen molar-refractivity contribution in [3.8, 4) is 0 Å². The van der Waals surface area contributed by atoms with E-state index in [0.29, 0.717) is 0 Å². The molecule has 4 heteroatoms. The van der Waals surface area contributed by atoms with Crippen LogP contribution in [0.2, 0.25) is 5.02 Å². The lowest BCUT2D eigenvalue weighted by Crippen LogP contribution is -2.49. The van der Waals surface area contributed by atoms with Crippen molar-refractivity contribution < 1.29 is 5.11 Å². The normalized spacial score (nSPS) is 21.1. The molecule has 2 aromatic carbocycles. The Bertz CT molecular complexity index is 824. The number of hydrogen-bond acceptors (Lipinski definition) is 3. The van der Waals surface area contributed by atoms with Gasteiger partial charge in [0.05, 0.1) is 5.60 Å². The maximum Gasteiger partial charge on any atom is 0.0728 e. The summed E-state index contributed by atoms with van der Waals surface area (Å²) in [5, 5.41) is 12.3. The van der Waals surface area contributed by atoms with Gasteiger partial charge in [0.2, 0.25) is 0 Å². The van der Waals surface area contributed by atoms with E-state index in [0.717, 1.165) is 63.4 Å². The second-order valence-electron chi connectivity index (χ2n) is 8.83. The maximum atomic E-state index is 11.6. The van der Waals surface area contributed by atoms with Gasteiger partial charge in [-0.2, -0.15) is 0 Å². The molecule has 2 aliphatic rings. The summed E-state index contributed by atoms with van der Waals surface area (Å²) in [6.07, 6.45) is 9.66. The molecule has 0 radical (unpaired) electrons. The minimum Gasteiger partial charge on any atom is -0.389 e. The molecule has 1 aliphatic heterocycles. The van der Waals surface area contributed by atoms with E-state index < -0.39 is 5.60 Å². The zero-order valence-corrected chi connectivity index (χ0v) is 18.5. The predicted molar refractivity (Wildman–Crippen MR) is 126 cm³/mol. The van der Waals surface area contributed by atoms with E-state index in [1.807, 2.05) is 18.2 Å². The molecule has 1 saturated heterocycles. The quantitative estimate of drug-likeness (QED) is 0.671. The van der Waals surface area contributed by atoms with E-state index in [2.05, 4.69) is 58.5 Å². The summed E-state index contributed by atoms with van der Waals surface area (Å²) < 4.78 is 0. The van der Waals surface area contributed by atoms with Crippen molar-refractivity contribution in [1.82, 2.24) is 9.80 Å². The first-order valence-corrected chi connectivity index (χ1v) is 11.7. The van der Waals surface area contributed by atoms with E-state index in [4.69, 9.17) is 11.6 Å². The smallest absolute Gasteiger partial charge is 0.0728 e. The Morgan fingerprint density at radius 1 is 0.933 bits per heavy atom. The van der Waals surface area contributed by atoms with E-state index >= 15 is 0 Å². The fourth-order valence-corrected chi connectivity index (χ4v) is 5.13. The third kappa shape index (κ3) is 5.46. The Hall–Kier alpha value is -1.81. The van der Waals surface area contributed by atoms with Crippen LogP contribution in [0, 0.1) is 0 Å². The zero-order valence-electron chi connectivity index (χ0n) is 17.7. The molecule has 4 rings (SSSR count). The molecular weight excluding hydrogens is 392 g/mol. The van der Waals surface area contributed by atoms with Crippen LogP contribution in [0.5, 0.6) is 0 Å². The topological polar surface area (TPSA) is 26.7 Å². The van der Waals surface area contributed by atoms with E-state index in [-0.39, 0.29) is 5.92 Å². The van der Waals surface area contributed by atoms with Gasteiger partial charge in [-0.3, -0.25) is 4.90 Å². The lowest BCUT2D eigenvalue weighted by molar-refractivity contribution is -0.0333. The van der Waals surface area contributed by atoms with Crippen molar-refractivity contribution in [1.29, 1.82) is 0 Å². The van der Waals surface area contributed by atoms with Gasteiger partial charge in [0.25, 0.3) is 0 Å². The number of rotatable bonds is 6. The number of benzene rings is 2. The lowest BCUT2D eigenvalue weighted by atomic mass is 9.72. The largest absolute Gasteiger partial charge is 0.389 e. The first-order valence-electron chi connectivity index (χ1n) is 11.3. The van der Waals surface area contributed by atoms with Crippen LogP contribution in [0.4, 0.5) is 0 Å². The van der Waals surface area contributed by atoms with Crippen LogP contribution in [0.25, 0.3) is 6.08 Å². The number of aliphatic hydroxyl groups is 1. The molecule has 2 aromatic rings. The highest BCUT2D eigenvalue weighted by Gasteiger charge is 2.39. The highest BCUT2D eigenvalue weighted by atomic mass is 35.5. The van der Waals surface area contributed by atoms with Gasteiger partial charge >= 0.3 is 0 Å². The summed E-state index contributed by atoms with van der Waals surface area (Å²) >= 11 is 6.31. The molecular formula is C26H33ClN2O. The molecule has 0 bridgehead atoms. The molecule has 1 saturated carbocycles. The summed E-state index contributed by atoms with van der Waals surface area (Å²) in [6, 6.07) is 18.6. The van der Waals surface area contributed by atoms with Gasteiger partial charge in [0.15, 0.2) is 0 Å². The van der Waals surface area contributed by atoms with Crippen molar-refractivity contribution in [2.45, 2.75) is 43.6 Å². The minimum absolute atomic E-state index is 0.114. The fourth-order valence-electron chi connectivity index (χ4n) is 4.93. The average molecular weight is 425 g/mol. The Labute approximate surface area is 186 Å². The third-order valence-corrected chi connectivity index (χ3v) is 6.98. The summed E-state index contributed by atoms with van der Waals surface area (Å²) in [5.74, 6) is 0.114. The first kappa shape index (κ1) is 21.4. The summed E-state index contributed by atoms with van der Waals surface area (Å²) in [5.41, 5.74) is 1.80. The predicted octanol–water partition coefficient (Wildman–Crippen LogP) is 5.41. The molecule has 2 fully saturated rings. The minimum atomic E-state index is -0.618. The monoisotopic (exact) mass is 424 g/mol. The van der Waals surface area contributed by atoms with Crippen molar-refractivity contribution in [2.24, 2.45) is 0 Å². The van der Waals surface area contributed by atoms with E-state index in [1.165, 1.54) is 17.5 Å². The Balaban J connectivity index is 1.41. The van der Waals surface area contributed by atoms with Crippen LogP contribution in [-0.2, 0) is 0 Å². The maximum absolute atomic E-state index is 11.6. The molecule has 1 atom stereocenters. The molecule has 3 nitrogen and oxygen atoms in total. The van der Waals surface area contributed by atoms with Crippen molar-refractivity contribution in [2.75, 3.05) is 32.7 Å². The van der Waals surface area contributed by atoms with Crippen LogP contribution >= 0.6 is 11.6 Å². The zero-order chi connectivity index (χ0) is 20.8. The second kappa shape index (κ2) is 10.00. The van der Waals surface area contributed by atoms with Crippen molar-refractivity contribution in [3.63, 3.8) is 0 Å². The van der Waals surface area contributed by atoms with E-state index in [1.54, 1.807) is 0 Å². The van der Waals surface area contributed by atoms with Crippen LogP contribution in [0.15, 0.2) is 60.8 Å². The van der Waals surface area contributed by atoms with Gasteiger partial charge in [-0.25, -0.2) is 0 Å². The number of halogens is 1. The second-order valence-corrected chi connectivity index (χ2v) is 9.27. The molecule has 1 heterocycles. The summed E-state index contributed by atoms with van der Waals surface area (Å²) in [6.45, 7) is 4.97. The number of piperazine rings is 1. The highest BCUT2D eigenvalue weighted by Crippen LogP contribution is 2.41. The van der Waals surface area contributed by atoms with Crippen molar-refractivity contribution in [3.05, 3.63) is 76.9 Å². The molecule has 0 aromatic heterocycles. The Morgan fingerprint density at radius 2 is 1.67 bits per heavy atom. The first-order chi connectivity index (χ1) is 14.6. The summed E-state index contributed by atoms with van der Waals surface area (Å²) in [4.78, 5) is 4.91. The molecule has 1 aliphatic carbocycles. The van der Waals surface area contributed by atoms with Gasteiger partial charge in [-0.05, 0) is 48.4 Å². The number of hydrogen-bond donors (Lipinski definition) is 1. The van der Waals surface area contributed by atoms with Crippen molar-refractivity contribution >= 4 is 17.7 Å². The van der Waals surface area contributed by atoms with E-state index in [9.17, 15) is 5.11 Å². The third-order valence-electron chi connectivity index (χ3n) is 6.74. The lowest BCUT2D eigenvalue weighted by Gasteiger charge is -2.43. The molecule has 0 amide bonds.